The van der Waals surface area contributed by atoms with E-state index in [0.29, 0.717) is 31.7 Å². The lowest BCUT2D eigenvalue weighted by atomic mass is 10.00. The zero-order valence-electron chi connectivity index (χ0n) is 20.4. The van der Waals surface area contributed by atoms with Crippen LogP contribution in [0.3, 0.4) is 0 Å². The summed E-state index contributed by atoms with van der Waals surface area (Å²) in [5, 5.41) is 2.06. The first-order valence-corrected chi connectivity index (χ1v) is 12.9. The Morgan fingerprint density at radius 3 is 2.63 bits per heavy atom. The topological polar surface area (TPSA) is 49.9 Å². The van der Waals surface area contributed by atoms with E-state index in [9.17, 15) is 14.0 Å². The van der Waals surface area contributed by atoms with Crippen molar-refractivity contribution in [2.45, 2.75) is 39.7 Å². The molecule has 0 spiro atoms. The molecule has 1 atom stereocenters. The lowest BCUT2D eigenvalue weighted by Gasteiger charge is -2.37. The number of aryl methyl sites for hydroxylation is 2. The Labute approximate surface area is 210 Å². The summed E-state index contributed by atoms with van der Waals surface area (Å²) in [7, 11) is 0. The van der Waals surface area contributed by atoms with E-state index in [4.69, 9.17) is 4.74 Å². The quantitative estimate of drug-likeness (QED) is 0.412. The van der Waals surface area contributed by atoms with Crippen molar-refractivity contribution in [3.63, 3.8) is 0 Å². The van der Waals surface area contributed by atoms with Crippen LogP contribution in [0, 0.1) is 19.7 Å². The molecule has 0 unspecified atom stereocenters. The highest BCUT2D eigenvalue weighted by Crippen LogP contribution is 2.34. The van der Waals surface area contributed by atoms with Crippen molar-refractivity contribution >= 4 is 23.2 Å². The number of carbonyl (C=O) groups is 2. The number of fused-ring (bicyclic) bond motifs is 1. The largest absolute Gasteiger partial charge is 0.491 e. The fraction of sp³-hybridized carbons (Fsp3) is 0.357. The number of amides is 2. The lowest BCUT2D eigenvalue weighted by Crippen LogP contribution is -2.48. The van der Waals surface area contributed by atoms with E-state index >= 15 is 0 Å². The summed E-state index contributed by atoms with van der Waals surface area (Å²) in [6.07, 6.45) is 1.51. The molecule has 0 aliphatic carbocycles. The van der Waals surface area contributed by atoms with Gasteiger partial charge in [0.2, 0.25) is 5.91 Å². The summed E-state index contributed by atoms with van der Waals surface area (Å²) < 4.78 is 19.5. The maximum absolute atomic E-state index is 13.6. The van der Waals surface area contributed by atoms with E-state index in [2.05, 4.69) is 17.5 Å². The average Bonchev–Trinajstić information content (AvgIpc) is 3.32. The molecule has 0 saturated heterocycles. The van der Waals surface area contributed by atoms with Gasteiger partial charge in [0, 0.05) is 23.5 Å². The standard InChI is InChI=1S/C28H31FN2O3S/c1-4-13-30(28(33)21-6-8-22(29)9-7-21)17-27(32)31-14-11-26-23(12-15-35-26)24(31)18-34-25-10-5-19(2)16-20(25)3/h5-10,12,15-16,24H,4,11,13-14,17-18H2,1-3H3/t24-/m1/s1. The monoisotopic (exact) mass is 494 g/mol. The smallest absolute Gasteiger partial charge is 0.254 e. The maximum atomic E-state index is 13.6. The minimum Gasteiger partial charge on any atom is -0.491 e. The van der Waals surface area contributed by atoms with Crippen LogP contribution < -0.4 is 4.74 Å². The molecule has 2 aromatic carbocycles. The molecule has 2 heterocycles. The normalized spacial score (nSPS) is 15.0. The van der Waals surface area contributed by atoms with Crippen molar-refractivity contribution in [3.05, 3.63) is 86.9 Å². The van der Waals surface area contributed by atoms with Crippen LogP contribution in [0.15, 0.2) is 53.9 Å². The van der Waals surface area contributed by atoms with Crippen LogP contribution >= 0.6 is 11.3 Å². The van der Waals surface area contributed by atoms with Gasteiger partial charge in [0.15, 0.2) is 0 Å². The molecule has 7 heteroatoms. The Morgan fingerprint density at radius 2 is 1.91 bits per heavy atom. The van der Waals surface area contributed by atoms with Crippen molar-refractivity contribution < 1.29 is 18.7 Å². The zero-order chi connectivity index (χ0) is 24.9. The molecule has 3 aromatic rings. The van der Waals surface area contributed by atoms with E-state index < -0.39 is 5.82 Å². The number of hydrogen-bond acceptors (Lipinski definition) is 4. The van der Waals surface area contributed by atoms with Gasteiger partial charge < -0.3 is 14.5 Å². The molecule has 2 amide bonds. The van der Waals surface area contributed by atoms with Crippen LogP contribution in [-0.2, 0) is 11.2 Å². The summed E-state index contributed by atoms with van der Waals surface area (Å²) in [6.45, 7) is 7.38. The van der Waals surface area contributed by atoms with Crippen molar-refractivity contribution in [2.75, 3.05) is 26.2 Å². The number of benzene rings is 2. The second-order valence-corrected chi connectivity index (χ2v) is 9.97. The average molecular weight is 495 g/mol. The number of rotatable bonds is 8. The van der Waals surface area contributed by atoms with Crippen LogP contribution in [0.25, 0.3) is 0 Å². The molecular formula is C28H31FN2O3S. The third-order valence-corrected chi connectivity index (χ3v) is 7.34. The Morgan fingerprint density at radius 1 is 1.14 bits per heavy atom. The van der Waals surface area contributed by atoms with E-state index in [1.807, 2.05) is 37.8 Å². The van der Waals surface area contributed by atoms with Crippen LogP contribution in [0.1, 0.15) is 51.3 Å². The predicted molar refractivity (Wildman–Crippen MR) is 136 cm³/mol. The van der Waals surface area contributed by atoms with E-state index in [1.165, 1.54) is 34.7 Å². The zero-order valence-corrected chi connectivity index (χ0v) is 21.2. The highest BCUT2D eigenvalue weighted by atomic mass is 32.1. The number of thiophene rings is 1. The first-order valence-electron chi connectivity index (χ1n) is 12.0. The van der Waals surface area contributed by atoms with Gasteiger partial charge >= 0.3 is 0 Å². The highest BCUT2D eigenvalue weighted by Gasteiger charge is 2.33. The number of hydrogen-bond donors (Lipinski definition) is 0. The molecular weight excluding hydrogens is 463 g/mol. The summed E-state index contributed by atoms with van der Waals surface area (Å²) in [5.41, 5.74) is 3.72. The Bertz CT molecular complexity index is 1190. The minimum absolute atomic E-state index is 0.0242. The third kappa shape index (κ3) is 5.73. The van der Waals surface area contributed by atoms with Gasteiger partial charge in [-0.2, -0.15) is 0 Å². The molecule has 0 radical (unpaired) electrons. The highest BCUT2D eigenvalue weighted by molar-refractivity contribution is 7.10. The number of nitrogens with zero attached hydrogens (tertiary/aromatic N) is 2. The molecule has 35 heavy (non-hydrogen) atoms. The molecule has 0 fully saturated rings. The van der Waals surface area contributed by atoms with Gasteiger partial charge in [-0.1, -0.05) is 24.6 Å². The Hall–Kier alpha value is -3.19. The lowest BCUT2D eigenvalue weighted by molar-refractivity contribution is -0.135. The molecule has 1 aliphatic heterocycles. The number of ether oxygens (including phenoxy) is 1. The Balaban J connectivity index is 1.52. The molecule has 0 bridgehead atoms. The van der Waals surface area contributed by atoms with Crippen molar-refractivity contribution in [2.24, 2.45) is 0 Å². The van der Waals surface area contributed by atoms with Gasteiger partial charge in [0.1, 0.15) is 24.7 Å². The molecule has 0 N–H and O–H groups in total. The molecule has 1 aromatic heterocycles. The number of carbonyl (C=O) groups excluding carboxylic acids is 2. The number of halogens is 1. The Kier molecular flexibility index (Phi) is 7.86. The van der Waals surface area contributed by atoms with Crippen LogP contribution in [-0.4, -0.2) is 47.9 Å². The van der Waals surface area contributed by atoms with Crippen molar-refractivity contribution in [1.29, 1.82) is 0 Å². The van der Waals surface area contributed by atoms with E-state index in [-0.39, 0.29) is 24.4 Å². The summed E-state index contributed by atoms with van der Waals surface area (Å²) in [5.74, 6) is 0.0344. The first-order chi connectivity index (χ1) is 16.9. The SMILES string of the molecule is CCCN(CC(=O)N1CCc2sccc2[C@H]1COc1ccc(C)cc1C)C(=O)c1ccc(F)cc1. The van der Waals surface area contributed by atoms with Crippen LogP contribution in [0.4, 0.5) is 4.39 Å². The van der Waals surface area contributed by atoms with Gasteiger partial charge in [0.05, 0.1) is 6.04 Å². The molecule has 0 saturated carbocycles. The molecule has 4 rings (SSSR count). The summed E-state index contributed by atoms with van der Waals surface area (Å²) >= 11 is 1.71. The minimum atomic E-state index is -0.397. The van der Waals surface area contributed by atoms with Crippen molar-refractivity contribution in [1.82, 2.24) is 9.80 Å². The molecule has 1 aliphatic rings. The van der Waals surface area contributed by atoms with Crippen LogP contribution in [0.2, 0.25) is 0 Å². The van der Waals surface area contributed by atoms with E-state index in [0.717, 1.165) is 23.3 Å². The van der Waals surface area contributed by atoms with Crippen LogP contribution in [0.5, 0.6) is 5.75 Å². The summed E-state index contributed by atoms with van der Waals surface area (Å²) in [4.78, 5) is 31.3. The summed E-state index contributed by atoms with van der Waals surface area (Å²) in [6, 6.07) is 13.4. The van der Waals surface area contributed by atoms with Gasteiger partial charge in [-0.05, 0) is 79.6 Å². The maximum Gasteiger partial charge on any atom is 0.254 e. The fourth-order valence-electron chi connectivity index (χ4n) is 4.56. The van der Waals surface area contributed by atoms with Gasteiger partial charge in [0.25, 0.3) is 5.91 Å². The van der Waals surface area contributed by atoms with Crippen molar-refractivity contribution in [3.8, 4) is 5.75 Å². The van der Waals surface area contributed by atoms with Gasteiger partial charge in [-0.25, -0.2) is 4.39 Å². The van der Waals surface area contributed by atoms with Gasteiger partial charge in [-0.3, -0.25) is 9.59 Å². The predicted octanol–water partition coefficient (Wildman–Crippen LogP) is 5.56. The second-order valence-electron chi connectivity index (χ2n) is 8.97. The third-order valence-electron chi connectivity index (χ3n) is 6.34. The first kappa shape index (κ1) is 24.9. The molecule has 5 nitrogen and oxygen atoms in total. The van der Waals surface area contributed by atoms with Gasteiger partial charge in [-0.15, -0.1) is 11.3 Å². The van der Waals surface area contributed by atoms with E-state index in [1.54, 1.807) is 16.2 Å². The fourth-order valence-corrected chi connectivity index (χ4v) is 5.48. The second kappa shape index (κ2) is 11.0. The molecule has 184 valence electrons.